The minimum Gasteiger partial charge on any atom is -0.481 e. The smallest absolute Gasteiger partial charge is 0.308 e. The summed E-state index contributed by atoms with van der Waals surface area (Å²) in [5.74, 6) is -7.08. The number of carboxylic acids is 1. The second-order valence-corrected chi connectivity index (χ2v) is 27.3. The van der Waals surface area contributed by atoms with Crippen molar-refractivity contribution in [2.24, 2.45) is 23.7 Å². The summed E-state index contributed by atoms with van der Waals surface area (Å²) >= 11 is 0. The molecule has 0 aromatic heterocycles. The van der Waals surface area contributed by atoms with Crippen LogP contribution >= 0.6 is 0 Å². The SMILES string of the molecule is C=C1C[C@@H]2CC[C@]34OC5[C@@H]6O[C@H]7CC[C@H](CC(=O)O[C@@H]8[C@@H](C)[C@@H]9O[C@@H]%10C[C@]%11(C[C@@H]%12O[C@]%13(CC(C)[C@@H]%14O[C@H](CC(=O)O)[C@H](O)C[C@@H]%14O%13)CC(C)[C@@H]%12O%11)O[C@@H]%10C[C@@H]9O[C@H]8C[C@H]8O[C@@H](CC[C@@H]1O2)C[C@@H](C)C8=C)O[C@@H]7[C@H](O3)[C@@H]6O[C@]5(O)[C@H]4O. The molecule has 3 spiro atoms. The van der Waals surface area contributed by atoms with Gasteiger partial charge in [-0.15, -0.1) is 0 Å². The van der Waals surface area contributed by atoms with E-state index in [1.165, 1.54) is 0 Å². The van der Waals surface area contributed by atoms with E-state index in [9.17, 15) is 30.0 Å². The Bertz CT molecular complexity index is 2460. The molecule has 0 saturated carbocycles. The second kappa shape index (κ2) is 19.6. The van der Waals surface area contributed by atoms with Crippen LogP contribution in [0.4, 0.5) is 0 Å². The second-order valence-electron chi connectivity index (χ2n) is 27.3. The number of ether oxygens (including phenoxy) is 15. The Morgan fingerprint density at radius 3 is 2.09 bits per heavy atom. The zero-order valence-electron chi connectivity index (χ0n) is 46.3. The highest BCUT2D eigenvalue weighted by Crippen LogP contribution is 2.59. The Morgan fingerprint density at radius 1 is 0.562 bits per heavy atom. The summed E-state index contributed by atoms with van der Waals surface area (Å²) < 4.78 is 102. The number of hydrogen-bond donors (Lipinski definition) is 4. The molecule has 0 aliphatic carbocycles. The monoisotopic (exact) mass is 1130 g/mol. The van der Waals surface area contributed by atoms with Crippen LogP contribution in [-0.4, -0.2) is 202 Å². The lowest BCUT2D eigenvalue weighted by Gasteiger charge is -2.54. The van der Waals surface area contributed by atoms with Crippen molar-refractivity contribution in [2.75, 3.05) is 0 Å². The van der Waals surface area contributed by atoms with Gasteiger partial charge < -0.3 is 91.5 Å². The number of hydrogen-bond acceptors (Lipinski definition) is 20. The third-order valence-electron chi connectivity index (χ3n) is 21.8. The normalized spacial score (nSPS) is 58.7. The van der Waals surface area contributed by atoms with E-state index in [2.05, 4.69) is 40.9 Å². The Hall–Kier alpha value is -2.26. The molecule has 3 unspecified atom stereocenters. The number of carboxylic acid groups (broad SMARTS) is 1. The summed E-state index contributed by atoms with van der Waals surface area (Å²) in [6, 6.07) is 0. The molecule has 21 nitrogen and oxygen atoms in total. The molecule has 0 radical (unpaired) electrons. The van der Waals surface area contributed by atoms with E-state index in [-0.39, 0.29) is 110 Å². The first kappa shape index (κ1) is 54.4. The fraction of sp³-hybridized carbons (Fsp3) is 0.898. The molecule has 0 aromatic rings. The van der Waals surface area contributed by atoms with Gasteiger partial charge in [-0.05, 0) is 73.8 Å². The third-order valence-corrected chi connectivity index (χ3v) is 21.8. The van der Waals surface area contributed by atoms with Gasteiger partial charge >= 0.3 is 11.9 Å². The molecule has 16 saturated heterocycles. The highest BCUT2D eigenvalue weighted by atomic mass is 16.8. The maximum atomic E-state index is 14.6. The van der Waals surface area contributed by atoms with E-state index in [1.54, 1.807) is 0 Å². The van der Waals surface area contributed by atoms with Gasteiger partial charge in [-0.3, -0.25) is 9.59 Å². The quantitative estimate of drug-likeness (QED) is 0.226. The van der Waals surface area contributed by atoms with Gasteiger partial charge in [0, 0.05) is 57.3 Å². The van der Waals surface area contributed by atoms with Crippen LogP contribution in [0.5, 0.6) is 0 Å². The molecule has 16 aliphatic heterocycles. The number of fused-ring (bicyclic) bond motifs is 10. The standard InChI is InChI=1S/C59H82O21/c1-24-13-30-7-9-34-25(2)14-32(66-34)11-12-58-55(64)59(65)54(80-58)53-52(79-59)51(78-58)50-35(70-53)10-8-31(68-50)15-45(63)73-49-29(6)48-40(69-39(49)17-36(67-30)28(24)5)18-38-42(72-48)22-57(74-38)23-43-47(77-57)27(4)21-56(76-43)20-26(3)46-41(75-56)16-33(60)37(71-46)19-44(61)62/h24,26-27,29-43,46-55,60,64-65H,2,5,7-23H2,1,3-4,6H3,(H,61,62)/t24-,26?,27?,29+,30+,31-,32+,33-,34+,35+,36-,37-,38-,39+,40+,41+,42-,43+,46+,47+,48+,49-,50+,51+,52+,53-,54?,55+,56-,57+,58-,59+/m1/s1. The molecule has 0 aromatic carbocycles. The molecule has 444 valence electrons. The molecule has 80 heavy (non-hydrogen) atoms. The van der Waals surface area contributed by atoms with Crippen LogP contribution in [-0.2, 0) is 80.6 Å². The van der Waals surface area contributed by atoms with Gasteiger partial charge in [-0.2, -0.15) is 0 Å². The Labute approximate surface area is 466 Å². The summed E-state index contributed by atoms with van der Waals surface area (Å²) in [6.45, 7) is 17.5. The van der Waals surface area contributed by atoms with Crippen LogP contribution in [0.15, 0.2) is 24.3 Å². The first-order valence-electron chi connectivity index (χ1n) is 30.4. The molecular formula is C59H82O21. The van der Waals surface area contributed by atoms with Gasteiger partial charge in [0.15, 0.2) is 17.7 Å². The lowest BCUT2D eigenvalue weighted by Crippen LogP contribution is -2.63. The van der Waals surface area contributed by atoms with E-state index >= 15 is 0 Å². The van der Waals surface area contributed by atoms with Crippen molar-refractivity contribution in [1.29, 1.82) is 0 Å². The number of aliphatic carboxylic acids is 1. The Morgan fingerprint density at radius 2 is 1.26 bits per heavy atom. The fourth-order valence-corrected chi connectivity index (χ4v) is 18.0. The summed E-state index contributed by atoms with van der Waals surface area (Å²) in [5.41, 5.74) is 1.99. The molecule has 0 amide bonds. The van der Waals surface area contributed by atoms with Gasteiger partial charge in [0.25, 0.3) is 0 Å². The van der Waals surface area contributed by atoms with Crippen molar-refractivity contribution >= 4 is 11.9 Å². The lowest BCUT2D eigenvalue weighted by molar-refractivity contribution is -0.371. The Balaban J connectivity index is 0.666. The van der Waals surface area contributed by atoms with Crippen molar-refractivity contribution in [3.63, 3.8) is 0 Å². The largest absolute Gasteiger partial charge is 0.481 e. The van der Waals surface area contributed by atoms with Crippen LogP contribution in [0, 0.1) is 23.7 Å². The molecule has 12 bridgehead atoms. The molecule has 16 heterocycles. The van der Waals surface area contributed by atoms with E-state index < -0.39 is 121 Å². The van der Waals surface area contributed by atoms with Crippen molar-refractivity contribution in [3.8, 4) is 0 Å². The molecular weight excluding hydrogens is 1040 g/mol. The van der Waals surface area contributed by atoms with Gasteiger partial charge in [-0.1, -0.05) is 40.9 Å². The highest BCUT2D eigenvalue weighted by molar-refractivity contribution is 5.70. The average molecular weight is 1130 g/mol. The van der Waals surface area contributed by atoms with Gasteiger partial charge in [0.05, 0.1) is 117 Å². The van der Waals surface area contributed by atoms with Crippen LogP contribution in [0.1, 0.15) is 137 Å². The molecule has 16 aliphatic rings. The average Bonchev–Trinajstić information content (AvgIpc) is 4.26. The van der Waals surface area contributed by atoms with Crippen LogP contribution in [0.2, 0.25) is 0 Å². The topological polar surface area (TPSA) is 254 Å². The van der Waals surface area contributed by atoms with E-state index in [4.69, 9.17) is 71.1 Å². The van der Waals surface area contributed by atoms with Crippen LogP contribution < -0.4 is 0 Å². The maximum absolute atomic E-state index is 14.6. The van der Waals surface area contributed by atoms with Crippen molar-refractivity contribution in [2.45, 2.75) is 306 Å². The number of carbonyl (C=O) groups is 2. The van der Waals surface area contributed by atoms with E-state index in [1.807, 2.05) is 0 Å². The van der Waals surface area contributed by atoms with Crippen molar-refractivity contribution in [3.05, 3.63) is 24.3 Å². The van der Waals surface area contributed by atoms with Crippen molar-refractivity contribution in [1.82, 2.24) is 0 Å². The van der Waals surface area contributed by atoms with Gasteiger partial charge in [0.1, 0.15) is 36.6 Å². The molecule has 32 atom stereocenters. The zero-order valence-corrected chi connectivity index (χ0v) is 46.3. The van der Waals surface area contributed by atoms with Crippen LogP contribution in [0.25, 0.3) is 0 Å². The van der Waals surface area contributed by atoms with Crippen molar-refractivity contribution < 1.29 is 101 Å². The predicted molar refractivity (Wildman–Crippen MR) is 271 cm³/mol. The number of aliphatic hydroxyl groups is 3. The molecule has 21 heteroatoms. The number of carbonyl (C=O) groups excluding carboxylic acids is 1. The van der Waals surface area contributed by atoms with Gasteiger partial charge in [0.2, 0.25) is 11.6 Å². The minimum absolute atomic E-state index is 0.00631. The summed E-state index contributed by atoms with van der Waals surface area (Å²) in [5, 5.41) is 44.2. The number of esters is 1. The first-order valence-corrected chi connectivity index (χ1v) is 30.4. The van der Waals surface area contributed by atoms with Gasteiger partial charge in [-0.25, -0.2) is 0 Å². The van der Waals surface area contributed by atoms with E-state index in [0.29, 0.717) is 70.6 Å². The predicted octanol–water partition coefficient (Wildman–Crippen LogP) is 3.95. The summed E-state index contributed by atoms with van der Waals surface area (Å²) in [4.78, 5) is 26.1. The Kier molecular flexibility index (Phi) is 13.3. The first-order chi connectivity index (χ1) is 38.2. The third kappa shape index (κ3) is 8.84. The highest BCUT2D eigenvalue weighted by Gasteiger charge is 2.79. The summed E-state index contributed by atoms with van der Waals surface area (Å²) in [7, 11) is 0. The molecule has 4 N–H and O–H groups in total. The molecule has 16 rings (SSSR count). The zero-order chi connectivity index (χ0) is 55.1. The van der Waals surface area contributed by atoms with Crippen LogP contribution in [0.3, 0.4) is 0 Å². The number of aliphatic hydroxyl groups excluding tert-OH is 2. The maximum Gasteiger partial charge on any atom is 0.308 e. The lowest BCUT2D eigenvalue weighted by atomic mass is 9.78. The minimum atomic E-state index is -2.04. The fourth-order valence-electron chi connectivity index (χ4n) is 18.0. The molecule has 16 fully saturated rings. The van der Waals surface area contributed by atoms with E-state index in [0.717, 1.165) is 24.0 Å². The number of rotatable bonds is 2. The summed E-state index contributed by atoms with van der Waals surface area (Å²) in [6.07, 6.45) is -5.45.